The van der Waals surface area contributed by atoms with Gasteiger partial charge in [0.1, 0.15) is 5.69 Å². The van der Waals surface area contributed by atoms with Crippen molar-refractivity contribution in [1.29, 1.82) is 0 Å². The zero-order valence-electron chi connectivity index (χ0n) is 8.03. The van der Waals surface area contributed by atoms with Gasteiger partial charge in [-0.2, -0.15) is 5.10 Å². The third-order valence-corrected chi connectivity index (χ3v) is 1.97. The lowest BCUT2D eigenvalue weighted by atomic mass is 10.1. The van der Waals surface area contributed by atoms with E-state index in [-0.39, 0.29) is 11.8 Å². The van der Waals surface area contributed by atoms with E-state index in [4.69, 9.17) is 5.73 Å². The molecule has 0 radical (unpaired) electrons. The molecule has 0 fully saturated rings. The van der Waals surface area contributed by atoms with Crippen LogP contribution >= 0.6 is 0 Å². The molecule has 0 aliphatic carbocycles. The van der Waals surface area contributed by atoms with Crippen molar-refractivity contribution in [2.75, 3.05) is 0 Å². The van der Waals surface area contributed by atoms with Crippen molar-refractivity contribution in [3.05, 3.63) is 18.0 Å². The summed E-state index contributed by atoms with van der Waals surface area (Å²) < 4.78 is 1.62. The Kier molecular flexibility index (Phi) is 3.19. The number of carbonyl (C=O) groups is 1. The van der Waals surface area contributed by atoms with E-state index in [2.05, 4.69) is 5.10 Å². The lowest BCUT2D eigenvalue weighted by Gasteiger charge is -2.04. The highest BCUT2D eigenvalue weighted by Crippen LogP contribution is 2.03. The molecule has 4 nitrogen and oxygen atoms in total. The van der Waals surface area contributed by atoms with Crippen molar-refractivity contribution in [2.45, 2.75) is 25.8 Å². The summed E-state index contributed by atoms with van der Waals surface area (Å²) in [7, 11) is 1.79. The van der Waals surface area contributed by atoms with E-state index in [1.807, 2.05) is 6.92 Å². The molecule has 1 heterocycles. The normalized spacial score (nSPS) is 12.8. The van der Waals surface area contributed by atoms with E-state index in [9.17, 15) is 4.79 Å². The van der Waals surface area contributed by atoms with Crippen molar-refractivity contribution < 1.29 is 4.79 Å². The van der Waals surface area contributed by atoms with Crippen LogP contribution in [0.15, 0.2) is 12.3 Å². The Bertz CT molecular complexity index is 293. The number of hydrogen-bond donors (Lipinski definition) is 1. The van der Waals surface area contributed by atoms with Crippen LogP contribution in [0, 0.1) is 0 Å². The van der Waals surface area contributed by atoms with Crippen LogP contribution in [0.3, 0.4) is 0 Å². The molecule has 0 aliphatic heterocycles. The second-order valence-corrected chi connectivity index (χ2v) is 3.17. The predicted octanol–water partition coefficient (Wildman–Crippen LogP) is 0.730. The van der Waals surface area contributed by atoms with Crippen LogP contribution in [0.25, 0.3) is 0 Å². The highest BCUT2D eigenvalue weighted by Gasteiger charge is 2.12. The van der Waals surface area contributed by atoms with E-state index >= 15 is 0 Å². The van der Waals surface area contributed by atoms with Crippen molar-refractivity contribution in [2.24, 2.45) is 12.8 Å². The maximum atomic E-state index is 11.5. The van der Waals surface area contributed by atoms with Crippen LogP contribution in [0.5, 0.6) is 0 Å². The average Bonchev–Trinajstić information content (AvgIpc) is 2.51. The third-order valence-electron chi connectivity index (χ3n) is 1.97. The number of Topliss-reactive ketones (excluding diaryl/α,β-unsaturated/α-hetero) is 1. The fraction of sp³-hybridized carbons (Fsp3) is 0.556. The fourth-order valence-electron chi connectivity index (χ4n) is 1.05. The molecule has 1 aromatic heterocycles. The first-order chi connectivity index (χ1) is 6.13. The van der Waals surface area contributed by atoms with E-state index in [1.165, 1.54) is 0 Å². The molecular formula is C9H15N3O. The Morgan fingerprint density at radius 1 is 1.77 bits per heavy atom. The van der Waals surface area contributed by atoms with Crippen molar-refractivity contribution in [3.63, 3.8) is 0 Å². The molecule has 0 saturated heterocycles. The highest BCUT2D eigenvalue weighted by molar-refractivity contribution is 5.94. The molecule has 0 saturated carbocycles. The third kappa shape index (κ3) is 2.66. The van der Waals surface area contributed by atoms with Gasteiger partial charge in [0.2, 0.25) is 0 Å². The van der Waals surface area contributed by atoms with E-state index in [0.29, 0.717) is 12.1 Å². The molecule has 0 aromatic carbocycles. The lowest BCUT2D eigenvalue weighted by molar-refractivity contribution is 0.0968. The van der Waals surface area contributed by atoms with Crippen molar-refractivity contribution in [1.82, 2.24) is 9.78 Å². The van der Waals surface area contributed by atoms with E-state index in [1.54, 1.807) is 24.0 Å². The quantitative estimate of drug-likeness (QED) is 0.696. The molecular weight excluding hydrogens is 166 g/mol. The first-order valence-corrected chi connectivity index (χ1v) is 4.42. The van der Waals surface area contributed by atoms with Crippen LogP contribution in [0.1, 0.15) is 30.3 Å². The molecule has 0 bridgehead atoms. The van der Waals surface area contributed by atoms with Crippen LogP contribution in [0.4, 0.5) is 0 Å². The van der Waals surface area contributed by atoms with Crippen molar-refractivity contribution >= 4 is 5.78 Å². The minimum atomic E-state index is -0.0468. The Balaban J connectivity index is 2.58. The number of nitrogens with zero attached hydrogens (tertiary/aromatic N) is 2. The Morgan fingerprint density at radius 3 is 2.92 bits per heavy atom. The fourth-order valence-corrected chi connectivity index (χ4v) is 1.05. The number of nitrogens with two attached hydrogens (primary N) is 1. The zero-order chi connectivity index (χ0) is 9.84. The maximum absolute atomic E-state index is 11.5. The van der Waals surface area contributed by atoms with Gasteiger partial charge in [0.25, 0.3) is 0 Å². The minimum Gasteiger partial charge on any atom is -0.327 e. The largest absolute Gasteiger partial charge is 0.327 e. The summed E-state index contributed by atoms with van der Waals surface area (Å²) in [5.41, 5.74) is 6.17. The van der Waals surface area contributed by atoms with Crippen LogP contribution in [-0.4, -0.2) is 21.6 Å². The first-order valence-electron chi connectivity index (χ1n) is 4.42. The van der Waals surface area contributed by atoms with Crippen molar-refractivity contribution in [3.8, 4) is 0 Å². The number of hydrogen-bond acceptors (Lipinski definition) is 3. The van der Waals surface area contributed by atoms with Gasteiger partial charge in [-0.05, 0) is 12.5 Å². The second-order valence-electron chi connectivity index (χ2n) is 3.17. The molecule has 0 spiro atoms. The summed E-state index contributed by atoms with van der Waals surface area (Å²) in [6, 6.07) is 1.67. The van der Waals surface area contributed by atoms with E-state index < -0.39 is 0 Å². The molecule has 72 valence electrons. The molecule has 1 rings (SSSR count). The van der Waals surface area contributed by atoms with Crippen LogP contribution in [-0.2, 0) is 7.05 Å². The molecule has 0 amide bonds. The minimum absolute atomic E-state index is 0.0231. The number of rotatable bonds is 4. The average molecular weight is 181 g/mol. The van der Waals surface area contributed by atoms with Crippen LogP contribution < -0.4 is 5.73 Å². The Labute approximate surface area is 77.7 Å². The van der Waals surface area contributed by atoms with Gasteiger partial charge >= 0.3 is 0 Å². The summed E-state index contributed by atoms with van der Waals surface area (Å²) in [5, 5.41) is 4.01. The summed E-state index contributed by atoms with van der Waals surface area (Å²) in [4.78, 5) is 11.5. The SMILES string of the molecule is CCC(N)CC(=O)c1ccn(C)n1. The number of aromatic nitrogens is 2. The second kappa shape index (κ2) is 4.18. The summed E-state index contributed by atoms with van der Waals surface area (Å²) in [6.07, 6.45) is 2.96. The van der Waals surface area contributed by atoms with Gasteiger partial charge < -0.3 is 5.73 Å². The summed E-state index contributed by atoms with van der Waals surface area (Å²) in [5.74, 6) is 0.0231. The molecule has 1 atom stereocenters. The summed E-state index contributed by atoms with van der Waals surface area (Å²) in [6.45, 7) is 1.97. The van der Waals surface area contributed by atoms with Gasteiger partial charge in [-0.25, -0.2) is 0 Å². The zero-order valence-corrected chi connectivity index (χ0v) is 8.03. The number of ketones is 1. The Hall–Kier alpha value is -1.16. The summed E-state index contributed by atoms with van der Waals surface area (Å²) >= 11 is 0. The van der Waals surface area contributed by atoms with E-state index in [0.717, 1.165) is 6.42 Å². The maximum Gasteiger partial charge on any atom is 0.184 e. The molecule has 0 aliphatic rings. The van der Waals surface area contributed by atoms with Gasteiger partial charge in [0.15, 0.2) is 5.78 Å². The van der Waals surface area contributed by atoms with Gasteiger partial charge in [-0.3, -0.25) is 9.48 Å². The monoisotopic (exact) mass is 181 g/mol. The molecule has 1 aromatic rings. The van der Waals surface area contributed by atoms with Gasteiger partial charge in [-0.15, -0.1) is 0 Å². The number of carbonyl (C=O) groups excluding carboxylic acids is 1. The van der Waals surface area contributed by atoms with Gasteiger partial charge in [0.05, 0.1) is 0 Å². The van der Waals surface area contributed by atoms with Gasteiger partial charge in [-0.1, -0.05) is 6.92 Å². The topological polar surface area (TPSA) is 60.9 Å². The molecule has 2 N–H and O–H groups in total. The first kappa shape index (κ1) is 9.92. The molecule has 4 heteroatoms. The standard InChI is InChI=1S/C9H15N3O/c1-3-7(10)6-9(13)8-4-5-12(2)11-8/h4-5,7H,3,6,10H2,1-2H3. The predicted molar refractivity (Wildman–Crippen MR) is 50.4 cm³/mol. The van der Waals surface area contributed by atoms with Crippen LogP contribution in [0.2, 0.25) is 0 Å². The molecule has 1 unspecified atom stereocenters. The molecule has 13 heavy (non-hydrogen) atoms. The Morgan fingerprint density at radius 2 is 2.46 bits per heavy atom. The van der Waals surface area contributed by atoms with Gasteiger partial charge in [0, 0.05) is 25.7 Å². The smallest absolute Gasteiger partial charge is 0.184 e. The number of aryl methyl sites for hydroxylation is 1. The lowest BCUT2D eigenvalue weighted by Crippen LogP contribution is -2.22. The highest BCUT2D eigenvalue weighted by atomic mass is 16.1.